The van der Waals surface area contributed by atoms with Gasteiger partial charge in [0.2, 0.25) is 14.7 Å². The zero-order valence-electron chi connectivity index (χ0n) is 47.3. The molecule has 0 aliphatic rings. The Balaban J connectivity index is 0.000000326. The van der Waals surface area contributed by atoms with Gasteiger partial charge in [-0.3, -0.25) is 0 Å². The fourth-order valence-electron chi connectivity index (χ4n) is 9.83. The highest BCUT2D eigenvalue weighted by Gasteiger charge is 2.60. The van der Waals surface area contributed by atoms with Gasteiger partial charge in [0, 0.05) is 19.8 Å². The highest BCUT2D eigenvalue weighted by atomic mass is 32.2. The Morgan fingerprint density at radius 1 is 0.277 bits per heavy atom. The molecule has 0 N–H and O–H groups in total. The molecule has 6 nitrogen and oxygen atoms in total. The first-order valence-corrected chi connectivity index (χ1v) is 27.6. The van der Waals surface area contributed by atoms with Crippen LogP contribution in [0.4, 0.5) is 123 Å². The number of rotatable bonds is 22. The lowest BCUT2D eigenvalue weighted by atomic mass is 9.11. The van der Waals surface area contributed by atoms with E-state index in [0.29, 0.717) is 59.5 Å². The third kappa shape index (κ3) is 14.7. The van der Waals surface area contributed by atoms with Crippen molar-refractivity contribution >= 4 is 38.9 Å². The van der Waals surface area contributed by atoms with Crippen molar-refractivity contribution in [3.05, 3.63) is 188 Å². The van der Waals surface area contributed by atoms with Crippen LogP contribution in [0, 0.1) is 93.1 Å². The molecule has 0 aromatic heterocycles. The summed E-state index contributed by atoms with van der Waals surface area (Å²) in [6, 6.07) is 24.5. The van der Waals surface area contributed by atoms with Crippen molar-refractivity contribution in [2.24, 2.45) is 0 Å². The molecule has 0 unspecified atom stereocenters. The average Bonchev–Trinajstić information content (AvgIpc) is 0.669. The van der Waals surface area contributed by atoms with Crippen LogP contribution in [0.15, 0.2) is 87.5 Å². The van der Waals surface area contributed by atoms with Crippen LogP contribution in [-0.4, -0.2) is 65.6 Å². The maximum absolute atomic E-state index is 16.0. The minimum absolute atomic E-state index is 0.473. The molecule has 0 fully saturated rings. The van der Waals surface area contributed by atoms with Gasteiger partial charge in [0.1, 0.15) is 60.1 Å². The van der Waals surface area contributed by atoms with E-state index in [1.54, 1.807) is 0 Å². The smallest absolute Gasteiger partial charge is 0.416 e. The summed E-state index contributed by atoms with van der Waals surface area (Å²) in [6.07, 6.45) is -39.5. The Kier molecular flexibility index (Phi) is 24.0. The second-order valence-electron chi connectivity index (χ2n) is 18.8. The number of hydrogen-bond acceptors (Lipinski definition) is 6. The first kappa shape index (κ1) is 75.3. The van der Waals surface area contributed by atoms with Gasteiger partial charge in [0.25, 0.3) is 0 Å². The zero-order chi connectivity index (χ0) is 70.5. The number of alkyl halides is 12. The van der Waals surface area contributed by atoms with Crippen LogP contribution in [0.1, 0.15) is 43.0 Å². The van der Waals surface area contributed by atoms with Gasteiger partial charge in [0.15, 0.2) is 87.1 Å². The van der Waals surface area contributed by atoms with Crippen molar-refractivity contribution in [1.29, 1.82) is 0 Å². The Morgan fingerprint density at radius 3 is 0.660 bits per heavy atom. The molecular weight excluding hydrogens is 1370 g/mol. The summed E-state index contributed by atoms with van der Waals surface area (Å²) < 4.78 is 453. The second kappa shape index (κ2) is 29.9. The van der Waals surface area contributed by atoms with Crippen molar-refractivity contribution in [3.63, 3.8) is 0 Å². The van der Waals surface area contributed by atoms with Gasteiger partial charge >= 0.3 is 24.7 Å². The number of halogens is 28. The van der Waals surface area contributed by atoms with Gasteiger partial charge in [-0.05, 0) is 57.2 Å². The molecule has 0 heterocycles. The zero-order valence-corrected chi connectivity index (χ0v) is 48.1. The lowest BCUT2D eigenvalue weighted by Gasteiger charge is -2.49. The van der Waals surface area contributed by atoms with Crippen molar-refractivity contribution < 1.29 is 151 Å². The van der Waals surface area contributed by atoms with Gasteiger partial charge in [0.05, 0.1) is 42.1 Å². The summed E-state index contributed by atoms with van der Waals surface area (Å²) in [4.78, 5) is 3.17. The fraction of sp³-hybridized carbons (Fsp3) is 0.276. The van der Waals surface area contributed by atoms with E-state index in [1.807, 2.05) is 75.4 Å². The van der Waals surface area contributed by atoms with Crippen LogP contribution in [0.25, 0.3) is 0 Å². The van der Waals surface area contributed by atoms with E-state index in [1.165, 1.54) is 0 Å². The van der Waals surface area contributed by atoms with Crippen LogP contribution in [0.5, 0.6) is 17.2 Å². The normalized spacial score (nSPS) is 12.4. The molecule has 0 radical (unpaired) electrons. The minimum Gasteiger partial charge on any atom is -0.486 e. The Bertz CT molecular complexity index is 3430. The van der Waals surface area contributed by atoms with Gasteiger partial charge in [-0.2, -0.15) is 52.7 Å². The number of ether oxygens (including phenoxy) is 6. The molecule has 7 aromatic carbocycles. The molecule has 0 bridgehead atoms. The lowest BCUT2D eigenvalue weighted by Crippen LogP contribution is -2.82. The molecule has 0 amide bonds. The quantitative estimate of drug-likeness (QED) is 0.0168. The third-order valence-electron chi connectivity index (χ3n) is 13.4. The topological polar surface area (TPSA) is 55.4 Å². The molecule has 36 heteroatoms. The van der Waals surface area contributed by atoms with Crippen molar-refractivity contribution in [1.82, 2.24) is 0 Å². The molecule has 0 aliphatic carbocycles. The van der Waals surface area contributed by atoms with Crippen LogP contribution in [-0.2, 0) is 49.8 Å². The maximum Gasteiger partial charge on any atom is 0.416 e. The van der Waals surface area contributed by atoms with E-state index >= 15 is 35.1 Å². The van der Waals surface area contributed by atoms with Crippen molar-refractivity contribution in [3.8, 4) is 17.2 Å². The number of hydrogen-bond donors (Lipinski definition) is 0. The summed E-state index contributed by atoms with van der Waals surface area (Å²) in [6.45, 7) is 11.0. The molecule has 7 aromatic rings. The summed E-state index contributed by atoms with van der Waals surface area (Å²) in [5.41, 5.74) is -38.1. The van der Waals surface area contributed by atoms with Crippen LogP contribution in [0.2, 0.25) is 0 Å². The highest BCUT2D eigenvalue weighted by molar-refractivity contribution is 7.97. The molecular formula is C58H39BF28O6S. The first-order chi connectivity index (χ1) is 43.8. The molecule has 0 aliphatic heterocycles. The predicted molar refractivity (Wildman–Crippen MR) is 277 cm³/mol. The second-order valence-corrected chi connectivity index (χ2v) is 20.7. The third-order valence-corrected chi connectivity index (χ3v) is 15.7. The maximum atomic E-state index is 16.0. The molecule has 94 heavy (non-hydrogen) atoms. The van der Waals surface area contributed by atoms with Crippen molar-refractivity contribution in [2.45, 2.75) is 60.2 Å². The van der Waals surface area contributed by atoms with Gasteiger partial charge in [-0.15, -0.1) is 21.9 Å². The van der Waals surface area contributed by atoms with Gasteiger partial charge in [-0.1, -0.05) is 36.4 Å². The Hall–Kier alpha value is -7.73. The molecule has 0 atom stereocenters. The molecule has 0 saturated heterocycles. The van der Waals surface area contributed by atoms with E-state index in [9.17, 15) is 87.8 Å². The first-order valence-electron chi connectivity index (χ1n) is 26.4. The lowest BCUT2D eigenvalue weighted by molar-refractivity contribution is -0.140. The molecule has 7 rings (SSSR count). The van der Waals surface area contributed by atoms with Gasteiger partial charge in [-0.25, -0.2) is 70.2 Å². The van der Waals surface area contributed by atoms with Crippen LogP contribution in [0.3, 0.4) is 0 Å². The van der Waals surface area contributed by atoms with E-state index < -0.39 is 179 Å². The molecule has 512 valence electrons. The predicted octanol–water partition coefficient (Wildman–Crippen LogP) is 15.4. The molecule has 0 saturated carbocycles. The fourth-order valence-corrected chi connectivity index (χ4v) is 12.2. The van der Waals surface area contributed by atoms with E-state index in [-0.39, 0.29) is 0 Å². The summed E-state index contributed by atoms with van der Waals surface area (Å²) in [7, 11) is -0.568. The minimum atomic E-state index is -8.89. The largest absolute Gasteiger partial charge is 0.486 e. The van der Waals surface area contributed by atoms with E-state index in [0.717, 1.165) is 31.9 Å². The summed E-state index contributed by atoms with van der Waals surface area (Å²) in [5.74, 6) is -67.3. The van der Waals surface area contributed by atoms with E-state index in [2.05, 4.69) is 18.2 Å². The van der Waals surface area contributed by atoms with Crippen LogP contribution >= 0.6 is 0 Å². The number of benzene rings is 7. The highest BCUT2D eigenvalue weighted by Crippen LogP contribution is 2.46. The Morgan fingerprint density at radius 2 is 0.468 bits per heavy atom. The van der Waals surface area contributed by atoms with Crippen LogP contribution < -0.4 is 36.1 Å². The summed E-state index contributed by atoms with van der Waals surface area (Å²) in [5, 5.41) is 0. The van der Waals surface area contributed by atoms with Crippen molar-refractivity contribution in [2.75, 3.05) is 59.5 Å². The molecule has 0 spiro atoms. The SMILES string of the molecule is CCOCCOc1ccccc1[S+](c1ccccc1OCCOCC)c1ccccc1OCCOCC.Fc1c(F)c(F)c(C(F)(F)F)c([B-](c2c(F)c(F)c(F)c(F)c2C(F)(F)F)(c2c(F)c(F)c(F)c(F)c2C(F)(F)F)c2c(F)c(F)c(F)c(F)c2C(F)(F)F)c1F. The standard InChI is InChI=1S/C30H39O6S.C28BF28/c1-4-31-19-22-34-25-13-7-10-16-28(25)37(29-17-11-8-14-26(29)35-23-20-32-5-2)30-18-12-9-15-27(30)36-24-21-33-6-3;30-9-1(25(46,47)48)5(13(34)21(42)17(9)38)29(6-2(26(49,50)51)10(31)18(39)22(43)14(6)35,7-3(27(52,53)54)11(32)19(40)23(44)15(7)36)8-4(28(55,56)57)12(33)20(41)24(45)16(8)37/h7-18H,4-6,19-24H2,1-3H3;/q+1;-1. The summed E-state index contributed by atoms with van der Waals surface area (Å²) >= 11 is 0. The number of para-hydroxylation sites is 3. The van der Waals surface area contributed by atoms with E-state index in [4.69, 9.17) is 28.4 Å². The average molecular weight is 1410 g/mol. The van der Waals surface area contributed by atoms with Gasteiger partial charge < -0.3 is 28.4 Å². The Labute approximate surface area is 514 Å². The monoisotopic (exact) mass is 1410 g/mol.